The number of ether oxygens (including phenoxy) is 2. The number of carbonyl (C=O) groups excluding carboxylic acids is 4. The number of hydrogen-bond acceptors (Lipinski definition) is 6. The van der Waals surface area contributed by atoms with Gasteiger partial charge in [-0.25, -0.2) is 0 Å². The zero-order chi connectivity index (χ0) is 27.7. The molecule has 3 rings (SSSR count). The lowest BCUT2D eigenvalue weighted by Gasteiger charge is -2.11. The van der Waals surface area contributed by atoms with Crippen molar-refractivity contribution in [2.24, 2.45) is 0 Å². The number of rotatable bonds is 8. The molecule has 0 aromatic heterocycles. The van der Waals surface area contributed by atoms with Crippen LogP contribution < -0.4 is 31.2 Å². The maximum Gasteiger partial charge on any atom is 0.276 e. The maximum absolute atomic E-state index is 12.3. The van der Waals surface area contributed by atoms with Gasteiger partial charge < -0.3 is 9.47 Å². The Labute approximate surface area is 235 Å². The number of carbonyl (C=O) groups is 4. The molecule has 4 N–H and O–H groups in total. The summed E-state index contributed by atoms with van der Waals surface area (Å²) in [6.45, 7) is 3.20. The number of benzene rings is 3. The Kier molecular flexibility index (Phi) is 10.3. The first kappa shape index (κ1) is 28.7. The Bertz CT molecular complexity index is 1250. The molecule has 0 atom stereocenters. The molecule has 0 bridgehead atoms. The summed E-state index contributed by atoms with van der Waals surface area (Å²) in [4.78, 5) is 48.5. The number of hydrazine groups is 2. The van der Waals surface area contributed by atoms with Crippen LogP contribution in [0.4, 0.5) is 0 Å². The third-order valence-corrected chi connectivity index (χ3v) is 6.82. The monoisotopic (exact) mass is 646 g/mol. The van der Waals surface area contributed by atoms with Crippen molar-refractivity contribution in [1.29, 1.82) is 0 Å². The molecule has 0 saturated heterocycles. The van der Waals surface area contributed by atoms with E-state index in [9.17, 15) is 19.2 Å². The van der Waals surface area contributed by atoms with E-state index in [4.69, 9.17) is 9.47 Å². The summed E-state index contributed by atoms with van der Waals surface area (Å²) in [5.41, 5.74) is 11.4. The van der Waals surface area contributed by atoms with E-state index in [0.29, 0.717) is 11.5 Å². The van der Waals surface area contributed by atoms with Gasteiger partial charge in [-0.05, 0) is 85.6 Å². The maximum atomic E-state index is 12.3. The molecule has 10 nitrogen and oxygen atoms in total. The minimum absolute atomic E-state index is 0.202. The van der Waals surface area contributed by atoms with E-state index in [2.05, 4.69) is 53.6 Å². The predicted octanol–water partition coefficient (Wildman–Crippen LogP) is 3.51. The van der Waals surface area contributed by atoms with Crippen molar-refractivity contribution in [3.05, 3.63) is 91.9 Å². The average Bonchev–Trinajstić information content (AvgIpc) is 2.91. The summed E-state index contributed by atoms with van der Waals surface area (Å²) >= 11 is 6.78. The molecule has 0 heterocycles. The van der Waals surface area contributed by atoms with Crippen molar-refractivity contribution in [2.45, 2.75) is 13.8 Å². The van der Waals surface area contributed by atoms with Crippen molar-refractivity contribution in [3.8, 4) is 11.5 Å². The summed E-state index contributed by atoms with van der Waals surface area (Å²) in [6.07, 6.45) is 0. The highest BCUT2D eigenvalue weighted by Crippen LogP contribution is 2.22. The summed E-state index contributed by atoms with van der Waals surface area (Å²) in [6, 6.07) is 16.2. The number of halogens is 2. The molecule has 198 valence electrons. The van der Waals surface area contributed by atoms with E-state index >= 15 is 0 Å². The molecule has 0 spiro atoms. The van der Waals surface area contributed by atoms with Gasteiger partial charge in [0.2, 0.25) is 0 Å². The Balaban J connectivity index is 1.39. The van der Waals surface area contributed by atoms with Gasteiger partial charge in [-0.15, -0.1) is 0 Å². The summed E-state index contributed by atoms with van der Waals surface area (Å²) in [5, 5.41) is 0. The molecule has 0 saturated carbocycles. The lowest BCUT2D eigenvalue weighted by molar-refractivity contribution is -0.124. The van der Waals surface area contributed by atoms with Crippen LogP contribution in [0.3, 0.4) is 0 Å². The van der Waals surface area contributed by atoms with Gasteiger partial charge in [0.05, 0.1) is 0 Å². The Morgan fingerprint density at radius 1 is 0.605 bits per heavy atom. The summed E-state index contributed by atoms with van der Waals surface area (Å²) in [7, 11) is 0. The van der Waals surface area contributed by atoms with Gasteiger partial charge in [-0.3, -0.25) is 40.9 Å². The Morgan fingerprint density at radius 3 is 1.32 bits per heavy atom. The van der Waals surface area contributed by atoms with E-state index in [1.165, 1.54) is 24.3 Å². The lowest BCUT2D eigenvalue weighted by atomic mass is 10.1. The van der Waals surface area contributed by atoms with Crippen LogP contribution in [0, 0.1) is 13.8 Å². The SMILES string of the molecule is Cc1cc(OCC(=O)NNC(=O)c2ccc(C(=O)NNC(=O)COc3ccc(Br)c(C)c3)cc2)ccc1Br. The second kappa shape index (κ2) is 13.6. The molecule has 0 radical (unpaired) electrons. The van der Waals surface area contributed by atoms with Gasteiger partial charge in [-0.1, -0.05) is 31.9 Å². The second-order valence-corrected chi connectivity index (χ2v) is 9.69. The van der Waals surface area contributed by atoms with Crippen LogP contribution in [-0.2, 0) is 9.59 Å². The molecule has 38 heavy (non-hydrogen) atoms. The van der Waals surface area contributed by atoms with E-state index in [0.717, 1.165) is 20.1 Å². The van der Waals surface area contributed by atoms with Gasteiger partial charge in [0, 0.05) is 20.1 Å². The van der Waals surface area contributed by atoms with Gasteiger partial charge in [0.25, 0.3) is 23.6 Å². The molecule has 12 heteroatoms. The van der Waals surface area contributed by atoms with Crippen molar-refractivity contribution in [1.82, 2.24) is 21.7 Å². The van der Waals surface area contributed by atoms with Crippen LogP contribution in [0.15, 0.2) is 69.6 Å². The molecule has 0 aliphatic rings. The van der Waals surface area contributed by atoms with Gasteiger partial charge in [-0.2, -0.15) is 0 Å². The molecule has 0 aliphatic carbocycles. The van der Waals surface area contributed by atoms with Crippen molar-refractivity contribution < 1.29 is 28.7 Å². The highest BCUT2D eigenvalue weighted by molar-refractivity contribution is 9.10. The fourth-order valence-electron chi connectivity index (χ4n) is 2.95. The minimum Gasteiger partial charge on any atom is -0.484 e. The third kappa shape index (κ3) is 8.60. The average molecular weight is 648 g/mol. The van der Waals surface area contributed by atoms with Crippen molar-refractivity contribution >= 4 is 55.5 Å². The van der Waals surface area contributed by atoms with Crippen LogP contribution in [0.1, 0.15) is 31.8 Å². The van der Waals surface area contributed by atoms with Crippen molar-refractivity contribution in [2.75, 3.05) is 13.2 Å². The number of amides is 4. The molecule has 0 unspecified atom stereocenters. The third-order valence-electron chi connectivity index (χ3n) is 5.04. The summed E-state index contributed by atoms with van der Waals surface area (Å²) in [5.74, 6) is -1.24. The van der Waals surface area contributed by atoms with Crippen LogP contribution in [0.25, 0.3) is 0 Å². The molecular formula is C26H24Br2N4O6. The van der Waals surface area contributed by atoms with E-state index in [-0.39, 0.29) is 24.3 Å². The smallest absolute Gasteiger partial charge is 0.276 e. The molecule has 3 aromatic carbocycles. The molecular weight excluding hydrogens is 624 g/mol. The first-order chi connectivity index (χ1) is 18.1. The molecule has 0 aliphatic heterocycles. The Morgan fingerprint density at radius 2 is 0.974 bits per heavy atom. The minimum atomic E-state index is -0.585. The fourth-order valence-corrected chi connectivity index (χ4v) is 3.45. The van der Waals surface area contributed by atoms with E-state index in [1.807, 2.05) is 26.0 Å². The van der Waals surface area contributed by atoms with E-state index in [1.54, 1.807) is 24.3 Å². The first-order valence-corrected chi connectivity index (χ1v) is 12.8. The second-order valence-electron chi connectivity index (χ2n) is 7.98. The number of hydrogen-bond donors (Lipinski definition) is 4. The molecule has 3 aromatic rings. The van der Waals surface area contributed by atoms with Gasteiger partial charge in [0.15, 0.2) is 13.2 Å². The van der Waals surface area contributed by atoms with Crippen LogP contribution in [-0.4, -0.2) is 36.8 Å². The standard InChI is InChI=1S/C26H24Br2N4O6/c1-15-11-19(7-9-21(15)27)37-13-23(33)29-31-25(35)17-3-5-18(6-4-17)26(36)32-30-24(34)14-38-20-8-10-22(28)16(2)12-20/h3-12H,13-14H2,1-2H3,(H,29,33)(H,30,34)(H,31,35)(H,32,36). The predicted molar refractivity (Wildman–Crippen MR) is 146 cm³/mol. The summed E-state index contributed by atoms with van der Waals surface area (Å²) < 4.78 is 12.7. The van der Waals surface area contributed by atoms with Gasteiger partial charge in [0.1, 0.15) is 11.5 Å². The van der Waals surface area contributed by atoms with E-state index < -0.39 is 23.6 Å². The normalized spacial score (nSPS) is 10.2. The Hall–Kier alpha value is -3.90. The van der Waals surface area contributed by atoms with Crippen LogP contribution >= 0.6 is 31.9 Å². The first-order valence-electron chi connectivity index (χ1n) is 11.2. The van der Waals surface area contributed by atoms with Crippen LogP contribution in [0.2, 0.25) is 0 Å². The number of aryl methyl sites for hydroxylation is 2. The fraction of sp³-hybridized carbons (Fsp3) is 0.154. The molecule has 4 amide bonds. The van der Waals surface area contributed by atoms with Crippen LogP contribution in [0.5, 0.6) is 11.5 Å². The largest absolute Gasteiger partial charge is 0.484 e. The van der Waals surface area contributed by atoms with Crippen molar-refractivity contribution in [3.63, 3.8) is 0 Å². The highest BCUT2D eigenvalue weighted by Gasteiger charge is 2.12. The molecule has 0 fully saturated rings. The topological polar surface area (TPSA) is 135 Å². The zero-order valence-corrected chi connectivity index (χ0v) is 23.6. The lowest BCUT2D eigenvalue weighted by Crippen LogP contribution is -2.44. The zero-order valence-electron chi connectivity index (χ0n) is 20.4. The highest BCUT2D eigenvalue weighted by atomic mass is 79.9. The number of nitrogens with one attached hydrogen (secondary N) is 4. The quantitative estimate of drug-likeness (QED) is 0.277. The van der Waals surface area contributed by atoms with Gasteiger partial charge >= 0.3 is 0 Å².